The highest BCUT2D eigenvalue weighted by Crippen LogP contribution is 2.26. The van der Waals surface area contributed by atoms with Gasteiger partial charge in [0.2, 0.25) is 11.8 Å². The molecule has 1 unspecified atom stereocenters. The minimum Gasteiger partial charge on any atom is -0.481 e. The maximum absolute atomic E-state index is 12.4. The van der Waals surface area contributed by atoms with Crippen molar-refractivity contribution in [2.24, 2.45) is 5.92 Å². The fourth-order valence-electron chi connectivity index (χ4n) is 3.10. The zero-order chi connectivity index (χ0) is 17.4. The molecule has 1 aliphatic rings. The van der Waals surface area contributed by atoms with Crippen LogP contribution in [0.5, 0.6) is 0 Å². The Bertz CT molecular complexity index is 417. The van der Waals surface area contributed by atoms with Gasteiger partial charge in [0.15, 0.2) is 0 Å². The van der Waals surface area contributed by atoms with E-state index < -0.39 is 12.0 Å². The predicted molar refractivity (Wildman–Crippen MR) is 87.9 cm³/mol. The number of hydrogen-bond donors (Lipinski definition) is 2. The number of carbonyl (C=O) groups is 3. The third kappa shape index (κ3) is 7.01. The van der Waals surface area contributed by atoms with Crippen LogP contribution in [0.3, 0.4) is 0 Å². The molecule has 0 heterocycles. The number of rotatable bonds is 8. The van der Waals surface area contributed by atoms with Crippen LogP contribution in [0.1, 0.15) is 65.7 Å². The number of amides is 2. The molecule has 2 amide bonds. The molecule has 1 aliphatic carbocycles. The summed E-state index contributed by atoms with van der Waals surface area (Å²) in [7, 11) is 0. The monoisotopic (exact) mass is 326 g/mol. The first-order chi connectivity index (χ1) is 10.8. The lowest BCUT2D eigenvalue weighted by atomic mass is 9.87. The number of aliphatic carboxylic acids is 1. The summed E-state index contributed by atoms with van der Waals surface area (Å²) in [6, 6.07) is -0.721. The predicted octanol–water partition coefficient (Wildman–Crippen LogP) is 2.17. The van der Waals surface area contributed by atoms with Crippen LogP contribution < -0.4 is 5.32 Å². The third-order valence-corrected chi connectivity index (χ3v) is 4.42. The lowest BCUT2D eigenvalue weighted by Gasteiger charge is -2.29. The molecule has 0 bridgehead atoms. The summed E-state index contributed by atoms with van der Waals surface area (Å²) in [5.74, 6) is -0.811. The van der Waals surface area contributed by atoms with Crippen LogP contribution in [0.4, 0.5) is 0 Å². The second-order valence-corrected chi connectivity index (χ2v) is 6.77. The van der Waals surface area contributed by atoms with Crippen molar-refractivity contribution in [1.82, 2.24) is 10.2 Å². The van der Waals surface area contributed by atoms with Gasteiger partial charge in [0.05, 0.1) is 6.42 Å². The Labute approximate surface area is 138 Å². The molecule has 0 aromatic carbocycles. The molecule has 0 aromatic rings. The Morgan fingerprint density at radius 3 is 2.26 bits per heavy atom. The Hall–Kier alpha value is -1.59. The number of hydrogen-bond acceptors (Lipinski definition) is 3. The van der Waals surface area contributed by atoms with Crippen molar-refractivity contribution in [1.29, 1.82) is 0 Å². The van der Waals surface area contributed by atoms with E-state index in [-0.39, 0.29) is 30.8 Å². The first kappa shape index (κ1) is 19.5. The van der Waals surface area contributed by atoms with E-state index in [1.807, 2.05) is 13.8 Å². The second kappa shape index (κ2) is 9.53. The van der Waals surface area contributed by atoms with Gasteiger partial charge < -0.3 is 15.3 Å². The summed E-state index contributed by atoms with van der Waals surface area (Å²) in [5, 5.41) is 11.6. The standard InChI is InChI=1S/C17H30N2O4/c1-12(2)19(10-9-16(21)22)17(23)13(3)18-15(20)11-14-7-5-4-6-8-14/h12-14H,4-11H2,1-3H3,(H,18,20)(H,21,22). The Kier molecular flexibility index (Phi) is 8.06. The van der Waals surface area contributed by atoms with Crippen molar-refractivity contribution in [2.45, 2.75) is 77.8 Å². The average molecular weight is 326 g/mol. The van der Waals surface area contributed by atoms with Gasteiger partial charge in [-0.05, 0) is 39.5 Å². The molecule has 0 aromatic heterocycles. The molecule has 1 fully saturated rings. The van der Waals surface area contributed by atoms with Gasteiger partial charge in [-0.3, -0.25) is 14.4 Å². The second-order valence-electron chi connectivity index (χ2n) is 6.77. The first-order valence-corrected chi connectivity index (χ1v) is 8.63. The maximum Gasteiger partial charge on any atom is 0.305 e. The largest absolute Gasteiger partial charge is 0.481 e. The Balaban J connectivity index is 2.48. The van der Waals surface area contributed by atoms with Gasteiger partial charge in [-0.1, -0.05) is 19.3 Å². The van der Waals surface area contributed by atoms with Crippen LogP contribution in [0.25, 0.3) is 0 Å². The van der Waals surface area contributed by atoms with Gasteiger partial charge in [-0.25, -0.2) is 0 Å². The molecule has 0 aliphatic heterocycles. The zero-order valence-corrected chi connectivity index (χ0v) is 14.5. The summed E-state index contributed by atoms with van der Waals surface area (Å²) < 4.78 is 0. The fraction of sp³-hybridized carbons (Fsp3) is 0.824. The highest BCUT2D eigenvalue weighted by Gasteiger charge is 2.25. The molecular weight excluding hydrogens is 296 g/mol. The molecule has 0 saturated heterocycles. The summed E-state index contributed by atoms with van der Waals surface area (Å²) in [4.78, 5) is 36.8. The van der Waals surface area contributed by atoms with E-state index in [0.29, 0.717) is 12.3 Å². The zero-order valence-electron chi connectivity index (χ0n) is 14.5. The molecular formula is C17H30N2O4. The number of carbonyl (C=O) groups excluding carboxylic acids is 2. The average Bonchev–Trinajstić information content (AvgIpc) is 2.47. The van der Waals surface area contributed by atoms with Gasteiger partial charge in [0.1, 0.15) is 6.04 Å². The van der Waals surface area contributed by atoms with Crippen molar-refractivity contribution < 1.29 is 19.5 Å². The van der Waals surface area contributed by atoms with Crippen molar-refractivity contribution in [3.8, 4) is 0 Å². The highest BCUT2D eigenvalue weighted by atomic mass is 16.4. The lowest BCUT2D eigenvalue weighted by molar-refractivity contribution is -0.141. The summed E-state index contributed by atoms with van der Waals surface area (Å²) in [6.45, 7) is 5.51. The van der Waals surface area contributed by atoms with Gasteiger partial charge in [0, 0.05) is 19.0 Å². The van der Waals surface area contributed by atoms with Gasteiger partial charge in [-0.2, -0.15) is 0 Å². The van der Waals surface area contributed by atoms with E-state index in [0.717, 1.165) is 12.8 Å². The number of nitrogens with one attached hydrogen (secondary N) is 1. The van der Waals surface area contributed by atoms with E-state index in [4.69, 9.17) is 5.11 Å². The molecule has 132 valence electrons. The first-order valence-electron chi connectivity index (χ1n) is 8.63. The minimum absolute atomic E-state index is 0.0836. The molecule has 2 N–H and O–H groups in total. The summed E-state index contributed by atoms with van der Waals surface area (Å²) >= 11 is 0. The highest BCUT2D eigenvalue weighted by molar-refractivity contribution is 5.87. The van der Waals surface area contributed by atoms with Gasteiger partial charge in [0.25, 0.3) is 0 Å². The molecule has 1 rings (SSSR count). The number of carboxylic acids is 1. The van der Waals surface area contributed by atoms with Crippen molar-refractivity contribution in [3.05, 3.63) is 0 Å². The Morgan fingerprint density at radius 2 is 1.74 bits per heavy atom. The van der Waals surface area contributed by atoms with E-state index in [1.54, 1.807) is 6.92 Å². The van der Waals surface area contributed by atoms with E-state index in [1.165, 1.54) is 24.2 Å². The van der Waals surface area contributed by atoms with Gasteiger partial charge >= 0.3 is 5.97 Å². The summed E-state index contributed by atoms with van der Waals surface area (Å²) in [5.41, 5.74) is 0. The molecule has 1 saturated carbocycles. The molecule has 23 heavy (non-hydrogen) atoms. The van der Waals surface area contributed by atoms with Crippen molar-refractivity contribution in [2.75, 3.05) is 6.54 Å². The van der Waals surface area contributed by atoms with Crippen molar-refractivity contribution in [3.63, 3.8) is 0 Å². The fourth-order valence-corrected chi connectivity index (χ4v) is 3.10. The smallest absolute Gasteiger partial charge is 0.305 e. The van der Waals surface area contributed by atoms with Crippen LogP contribution in [0, 0.1) is 5.92 Å². The van der Waals surface area contributed by atoms with Crippen LogP contribution in [0.15, 0.2) is 0 Å². The quantitative estimate of drug-likeness (QED) is 0.716. The van der Waals surface area contributed by atoms with Gasteiger partial charge in [-0.15, -0.1) is 0 Å². The molecule has 6 heteroatoms. The van der Waals surface area contributed by atoms with E-state index in [2.05, 4.69) is 5.32 Å². The van der Waals surface area contributed by atoms with E-state index in [9.17, 15) is 14.4 Å². The summed E-state index contributed by atoms with van der Waals surface area (Å²) in [6.07, 6.45) is 6.19. The van der Waals surface area contributed by atoms with Crippen LogP contribution >= 0.6 is 0 Å². The maximum atomic E-state index is 12.4. The molecule has 6 nitrogen and oxygen atoms in total. The topological polar surface area (TPSA) is 86.7 Å². The molecule has 0 radical (unpaired) electrons. The SMILES string of the molecule is CC(NC(=O)CC1CCCCC1)C(=O)N(CCC(=O)O)C(C)C. The number of nitrogens with zero attached hydrogens (tertiary/aromatic N) is 1. The van der Waals surface area contributed by atoms with E-state index >= 15 is 0 Å². The minimum atomic E-state index is -0.933. The normalized spacial score (nSPS) is 16.9. The van der Waals surface area contributed by atoms with Crippen LogP contribution in [-0.4, -0.2) is 46.4 Å². The molecule has 1 atom stereocenters. The number of carboxylic acid groups (broad SMARTS) is 1. The lowest BCUT2D eigenvalue weighted by Crippen LogP contribution is -2.50. The third-order valence-electron chi connectivity index (χ3n) is 4.42. The van der Waals surface area contributed by atoms with Crippen LogP contribution in [-0.2, 0) is 14.4 Å². The van der Waals surface area contributed by atoms with Crippen molar-refractivity contribution >= 4 is 17.8 Å². The Morgan fingerprint density at radius 1 is 1.13 bits per heavy atom. The van der Waals surface area contributed by atoms with Crippen LogP contribution in [0.2, 0.25) is 0 Å². The molecule has 0 spiro atoms.